The lowest BCUT2D eigenvalue weighted by molar-refractivity contribution is -0.384. The van der Waals surface area contributed by atoms with E-state index < -0.39 is 26.1 Å². The molecule has 1 aromatic carbocycles. The van der Waals surface area contributed by atoms with E-state index in [1.807, 2.05) is 0 Å². The second-order valence-electron chi connectivity index (χ2n) is 4.17. The normalized spacial score (nSPS) is 19.7. The number of primary sulfonamides is 1. The van der Waals surface area contributed by atoms with Gasteiger partial charge in [-0.05, 0) is 6.07 Å². The van der Waals surface area contributed by atoms with Gasteiger partial charge in [-0.15, -0.1) is 0 Å². The summed E-state index contributed by atoms with van der Waals surface area (Å²) < 4.78 is 22.5. The maximum Gasteiger partial charge on any atom is 0.292 e. The fourth-order valence-corrected chi connectivity index (χ4v) is 2.71. The average molecular weight is 285 g/mol. The molecular formula is C10H11N3O5S. The van der Waals surface area contributed by atoms with Crippen LogP contribution in [0.2, 0.25) is 0 Å². The first-order valence-corrected chi connectivity index (χ1v) is 6.97. The monoisotopic (exact) mass is 285 g/mol. The predicted molar refractivity (Wildman–Crippen MR) is 67.0 cm³/mol. The second kappa shape index (κ2) is 4.59. The Morgan fingerprint density at radius 2 is 2.00 bits per heavy atom. The van der Waals surface area contributed by atoms with Crippen molar-refractivity contribution in [3.8, 4) is 0 Å². The van der Waals surface area contributed by atoms with E-state index in [9.17, 15) is 23.3 Å². The Morgan fingerprint density at radius 1 is 1.37 bits per heavy atom. The van der Waals surface area contributed by atoms with E-state index in [0.717, 1.165) is 4.90 Å². The molecule has 19 heavy (non-hydrogen) atoms. The number of nitro benzene ring substituents is 1. The SMILES string of the molecule is NS(=O)(=O)C1CC(=O)N(c2ccccc2[N+](=O)[O-])C1. The molecule has 1 saturated heterocycles. The first kappa shape index (κ1) is 13.4. The summed E-state index contributed by atoms with van der Waals surface area (Å²) in [6, 6.07) is 5.67. The highest BCUT2D eigenvalue weighted by molar-refractivity contribution is 7.89. The zero-order valence-electron chi connectivity index (χ0n) is 9.72. The maximum atomic E-state index is 11.8. The molecule has 1 aliphatic heterocycles. The van der Waals surface area contributed by atoms with E-state index in [1.165, 1.54) is 18.2 Å². The molecular weight excluding hydrogens is 274 g/mol. The summed E-state index contributed by atoms with van der Waals surface area (Å²) in [6.07, 6.45) is -0.259. The number of carbonyl (C=O) groups is 1. The molecule has 102 valence electrons. The van der Waals surface area contributed by atoms with Crippen LogP contribution in [0.5, 0.6) is 0 Å². The van der Waals surface area contributed by atoms with Crippen LogP contribution in [-0.4, -0.2) is 31.0 Å². The highest BCUT2D eigenvalue weighted by Gasteiger charge is 2.39. The van der Waals surface area contributed by atoms with Crippen LogP contribution in [0.15, 0.2) is 24.3 Å². The van der Waals surface area contributed by atoms with Gasteiger partial charge < -0.3 is 4.90 Å². The lowest BCUT2D eigenvalue weighted by Gasteiger charge is -2.16. The lowest BCUT2D eigenvalue weighted by Crippen LogP contribution is -2.32. The van der Waals surface area contributed by atoms with Crippen LogP contribution >= 0.6 is 0 Å². The first-order chi connectivity index (χ1) is 8.80. The van der Waals surface area contributed by atoms with Crippen molar-refractivity contribution in [1.82, 2.24) is 0 Å². The van der Waals surface area contributed by atoms with Crippen molar-refractivity contribution in [3.63, 3.8) is 0 Å². The number of carbonyl (C=O) groups excluding carboxylic acids is 1. The number of para-hydroxylation sites is 2. The summed E-state index contributed by atoms with van der Waals surface area (Å²) in [5.74, 6) is -0.492. The van der Waals surface area contributed by atoms with Crippen molar-refractivity contribution in [3.05, 3.63) is 34.4 Å². The molecule has 0 radical (unpaired) electrons. The molecule has 0 saturated carbocycles. The third kappa shape index (κ3) is 2.56. The fraction of sp³-hybridized carbons (Fsp3) is 0.300. The Morgan fingerprint density at radius 3 is 2.53 bits per heavy atom. The van der Waals surface area contributed by atoms with Gasteiger partial charge in [0.2, 0.25) is 15.9 Å². The van der Waals surface area contributed by atoms with Crippen LogP contribution in [0, 0.1) is 10.1 Å². The van der Waals surface area contributed by atoms with Gasteiger partial charge >= 0.3 is 0 Å². The summed E-state index contributed by atoms with van der Waals surface area (Å²) in [5, 5.41) is 14.9. The van der Waals surface area contributed by atoms with Crippen LogP contribution in [-0.2, 0) is 14.8 Å². The predicted octanol–water partition coefficient (Wildman–Crippen LogP) is -0.0114. The summed E-state index contributed by atoms with van der Waals surface area (Å²) in [5.41, 5.74) is -0.158. The number of nitrogens with zero attached hydrogens (tertiary/aromatic N) is 2. The summed E-state index contributed by atoms with van der Waals surface area (Å²) in [4.78, 5) is 23.2. The Balaban J connectivity index is 2.39. The van der Waals surface area contributed by atoms with Gasteiger partial charge in [-0.1, -0.05) is 12.1 Å². The minimum atomic E-state index is -3.84. The van der Waals surface area contributed by atoms with E-state index in [4.69, 9.17) is 5.14 Å². The first-order valence-electron chi connectivity index (χ1n) is 5.36. The molecule has 1 fully saturated rings. The van der Waals surface area contributed by atoms with Crippen LogP contribution in [0.3, 0.4) is 0 Å². The molecule has 2 rings (SSSR count). The Bertz CT molecular complexity index is 642. The molecule has 1 aliphatic rings. The molecule has 9 heteroatoms. The third-order valence-electron chi connectivity index (χ3n) is 2.92. The highest BCUT2D eigenvalue weighted by Crippen LogP contribution is 2.31. The smallest absolute Gasteiger partial charge is 0.292 e. The third-order valence-corrected chi connectivity index (χ3v) is 4.17. The summed E-state index contributed by atoms with van der Waals surface area (Å²) in [7, 11) is -3.84. The van der Waals surface area contributed by atoms with E-state index >= 15 is 0 Å². The molecule has 1 aromatic rings. The fourth-order valence-electron chi connectivity index (χ4n) is 1.97. The highest BCUT2D eigenvalue weighted by atomic mass is 32.2. The van der Waals surface area contributed by atoms with E-state index in [1.54, 1.807) is 6.07 Å². The van der Waals surface area contributed by atoms with Crippen LogP contribution in [0.1, 0.15) is 6.42 Å². The standard InChI is InChI=1S/C10H11N3O5S/c11-19(17,18)7-5-10(14)12(6-7)8-3-1-2-4-9(8)13(15)16/h1-4,7H,5-6H2,(H2,11,17,18). The molecule has 8 nitrogen and oxygen atoms in total. The van der Waals surface area contributed by atoms with Crippen LogP contribution in [0.25, 0.3) is 0 Å². The second-order valence-corrected chi connectivity index (χ2v) is 6.01. The van der Waals surface area contributed by atoms with Gasteiger partial charge in [-0.3, -0.25) is 14.9 Å². The minimum Gasteiger partial charge on any atom is -0.305 e. The molecule has 0 aromatic heterocycles. The molecule has 0 bridgehead atoms. The minimum absolute atomic E-state index is 0.0867. The molecule has 1 atom stereocenters. The van der Waals surface area contributed by atoms with Gasteiger partial charge in [0.15, 0.2) is 0 Å². The van der Waals surface area contributed by atoms with E-state index in [-0.39, 0.29) is 24.3 Å². The number of rotatable bonds is 3. The Labute approximate surface area is 109 Å². The maximum absolute atomic E-state index is 11.8. The molecule has 1 heterocycles. The zero-order chi connectivity index (χ0) is 14.2. The summed E-state index contributed by atoms with van der Waals surface area (Å²) in [6.45, 7) is -0.164. The number of sulfonamides is 1. The number of hydrogen-bond donors (Lipinski definition) is 1. The van der Waals surface area contributed by atoms with Crippen molar-refractivity contribution in [2.45, 2.75) is 11.7 Å². The van der Waals surface area contributed by atoms with Crippen molar-refractivity contribution in [1.29, 1.82) is 0 Å². The number of hydrogen-bond acceptors (Lipinski definition) is 5. The molecule has 1 amide bonds. The number of anilines is 1. The number of nitro groups is 1. The van der Waals surface area contributed by atoms with Gasteiger partial charge in [-0.2, -0.15) is 0 Å². The van der Waals surface area contributed by atoms with Crippen LogP contribution < -0.4 is 10.0 Å². The Hall–Kier alpha value is -2.00. The molecule has 2 N–H and O–H groups in total. The lowest BCUT2D eigenvalue weighted by atomic mass is 10.2. The number of nitrogens with two attached hydrogens (primary N) is 1. The van der Waals surface area contributed by atoms with Crippen molar-refractivity contribution >= 4 is 27.3 Å². The van der Waals surface area contributed by atoms with Crippen LogP contribution in [0.4, 0.5) is 11.4 Å². The van der Waals surface area contributed by atoms with Crippen molar-refractivity contribution in [2.24, 2.45) is 5.14 Å². The summed E-state index contributed by atoms with van der Waals surface area (Å²) >= 11 is 0. The van der Waals surface area contributed by atoms with Crippen molar-refractivity contribution in [2.75, 3.05) is 11.4 Å². The Kier molecular flexibility index (Phi) is 3.25. The van der Waals surface area contributed by atoms with E-state index in [0.29, 0.717) is 0 Å². The van der Waals surface area contributed by atoms with E-state index in [2.05, 4.69) is 0 Å². The van der Waals surface area contributed by atoms with Gasteiger partial charge in [0.25, 0.3) is 5.69 Å². The van der Waals surface area contributed by atoms with Gasteiger partial charge in [0.05, 0.1) is 4.92 Å². The average Bonchev–Trinajstić information content (AvgIpc) is 2.71. The topological polar surface area (TPSA) is 124 Å². The zero-order valence-corrected chi connectivity index (χ0v) is 10.5. The van der Waals surface area contributed by atoms with Crippen molar-refractivity contribution < 1.29 is 18.1 Å². The largest absolute Gasteiger partial charge is 0.305 e. The molecule has 0 aliphatic carbocycles. The quantitative estimate of drug-likeness (QED) is 0.617. The number of amides is 1. The molecule has 0 spiro atoms. The van der Waals surface area contributed by atoms with Gasteiger partial charge in [0, 0.05) is 19.0 Å². The number of benzene rings is 1. The van der Waals surface area contributed by atoms with Gasteiger partial charge in [-0.25, -0.2) is 13.6 Å². The molecule has 1 unspecified atom stereocenters. The van der Waals surface area contributed by atoms with Gasteiger partial charge in [0.1, 0.15) is 10.9 Å².